The van der Waals surface area contributed by atoms with Crippen molar-refractivity contribution in [1.82, 2.24) is 0 Å². The molecular formula is C25H36O2. The van der Waals surface area contributed by atoms with Gasteiger partial charge in [-0.05, 0) is 96.8 Å². The van der Waals surface area contributed by atoms with Crippen LogP contribution in [0.5, 0.6) is 5.75 Å². The van der Waals surface area contributed by atoms with Crippen molar-refractivity contribution >= 4 is 0 Å². The Kier molecular flexibility index (Phi) is 4.17. The summed E-state index contributed by atoms with van der Waals surface area (Å²) >= 11 is 0. The highest BCUT2D eigenvalue weighted by Gasteiger charge is 2.66. The fourth-order valence-electron chi connectivity index (χ4n) is 8.33. The molecule has 3 fully saturated rings. The smallest absolute Gasteiger partial charge is 0.115 e. The zero-order valence-corrected chi connectivity index (χ0v) is 17.1. The molecule has 7 atom stereocenters. The van der Waals surface area contributed by atoms with E-state index in [0.29, 0.717) is 29.4 Å². The van der Waals surface area contributed by atoms with E-state index in [9.17, 15) is 10.2 Å². The van der Waals surface area contributed by atoms with Crippen LogP contribution in [0.15, 0.2) is 18.2 Å². The van der Waals surface area contributed by atoms with Crippen LogP contribution < -0.4 is 0 Å². The zero-order valence-electron chi connectivity index (χ0n) is 17.1. The van der Waals surface area contributed by atoms with Gasteiger partial charge in [0.05, 0.1) is 5.60 Å². The van der Waals surface area contributed by atoms with Crippen molar-refractivity contribution in [1.29, 1.82) is 0 Å². The topological polar surface area (TPSA) is 40.5 Å². The quantitative estimate of drug-likeness (QED) is 0.692. The summed E-state index contributed by atoms with van der Waals surface area (Å²) < 4.78 is 0. The molecule has 1 aromatic rings. The Morgan fingerprint density at radius 2 is 2.00 bits per heavy atom. The normalized spacial score (nSPS) is 45.5. The first-order valence-electron chi connectivity index (χ1n) is 11.5. The molecule has 0 aromatic heterocycles. The summed E-state index contributed by atoms with van der Waals surface area (Å²) in [5.41, 5.74) is 2.61. The fraction of sp³-hybridized carbons (Fsp3) is 0.760. The highest BCUT2D eigenvalue weighted by Crippen LogP contribution is 2.69. The maximum absolute atomic E-state index is 11.9. The summed E-state index contributed by atoms with van der Waals surface area (Å²) in [4.78, 5) is 0. The zero-order chi connectivity index (χ0) is 18.8. The van der Waals surface area contributed by atoms with Crippen molar-refractivity contribution < 1.29 is 10.2 Å². The summed E-state index contributed by atoms with van der Waals surface area (Å²) in [7, 11) is 0. The van der Waals surface area contributed by atoms with Gasteiger partial charge in [0.15, 0.2) is 0 Å². The Morgan fingerprint density at radius 1 is 1.15 bits per heavy atom. The lowest BCUT2D eigenvalue weighted by molar-refractivity contribution is -0.140. The highest BCUT2D eigenvalue weighted by molar-refractivity contribution is 5.41. The summed E-state index contributed by atoms with van der Waals surface area (Å²) in [6.45, 7) is 4.77. The van der Waals surface area contributed by atoms with E-state index in [1.165, 1.54) is 62.5 Å². The number of phenols is 1. The standard InChI is InChI=1S/C25H36O2/c1-3-6-16-13-17-14-19(26)8-9-20(17)21-10-12-24(2)22(23(16)21)15-18-7-4-5-11-25(18,24)27/h8-9,14,16,18,21-23,26-27H,3-7,10-13,15H2,1-2H3/t16-,18-,21-,22+,23-,24+,25+/m1/s1. The second-order valence-electron chi connectivity index (χ2n) is 10.5. The molecule has 0 radical (unpaired) electrons. The molecule has 27 heavy (non-hydrogen) atoms. The van der Waals surface area contributed by atoms with E-state index >= 15 is 0 Å². The third-order valence-electron chi connectivity index (χ3n) is 9.50. The van der Waals surface area contributed by atoms with E-state index in [0.717, 1.165) is 18.8 Å². The first kappa shape index (κ1) is 18.0. The van der Waals surface area contributed by atoms with Crippen molar-refractivity contribution in [2.75, 3.05) is 0 Å². The van der Waals surface area contributed by atoms with Gasteiger partial charge in [-0.3, -0.25) is 0 Å². The molecular weight excluding hydrogens is 332 g/mol. The number of phenolic OH excluding ortho intramolecular Hbond substituents is 1. The number of aromatic hydroxyl groups is 1. The molecule has 4 aliphatic rings. The second-order valence-corrected chi connectivity index (χ2v) is 10.5. The van der Waals surface area contributed by atoms with Crippen LogP contribution in [0.25, 0.3) is 0 Å². The van der Waals surface area contributed by atoms with Gasteiger partial charge < -0.3 is 10.2 Å². The monoisotopic (exact) mass is 368 g/mol. The van der Waals surface area contributed by atoms with E-state index in [-0.39, 0.29) is 5.41 Å². The molecule has 148 valence electrons. The van der Waals surface area contributed by atoms with Gasteiger partial charge in [0.1, 0.15) is 5.75 Å². The van der Waals surface area contributed by atoms with Crippen molar-refractivity contribution in [2.24, 2.45) is 29.1 Å². The molecule has 3 saturated carbocycles. The van der Waals surface area contributed by atoms with Crippen LogP contribution in [0.3, 0.4) is 0 Å². The third-order valence-corrected chi connectivity index (χ3v) is 9.50. The number of benzene rings is 1. The molecule has 0 heterocycles. The van der Waals surface area contributed by atoms with Crippen molar-refractivity contribution in [3.05, 3.63) is 29.3 Å². The van der Waals surface area contributed by atoms with Gasteiger partial charge in [-0.25, -0.2) is 0 Å². The molecule has 2 N–H and O–H groups in total. The van der Waals surface area contributed by atoms with Crippen molar-refractivity contribution in [2.45, 2.75) is 89.6 Å². The molecule has 0 bridgehead atoms. The number of hydrogen-bond donors (Lipinski definition) is 2. The van der Waals surface area contributed by atoms with Gasteiger partial charge >= 0.3 is 0 Å². The van der Waals surface area contributed by atoms with Crippen LogP contribution in [-0.2, 0) is 6.42 Å². The first-order chi connectivity index (χ1) is 13.0. The van der Waals surface area contributed by atoms with Gasteiger partial charge in [0, 0.05) is 0 Å². The van der Waals surface area contributed by atoms with Crippen LogP contribution in [-0.4, -0.2) is 15.8 Å². The molecule has 0 amide bonds. The first-order valence-corrected chi connectivity index (χ1v) is 11.5. The minimum atomic E-state index is -0.410. The van der Waals surface area contributed by atoms with E-state index in [4.69, 9.17) is 0 Å². The molecule has 2 heteroatoms. The summed E-state index contributed by atoms with van der Waals surface area (Å²) in [6.07, 6.45) is 12.1. The Labute approximate surface area is 164 Å². The molecule has 1 aromatic carbocycles. The average molecular weight is 369 g/mol. The Balaban J connectivity index is 1.57. The number of hydrogen-bond acceptors (Lipinski definition) is 2. The maximum Gasteiger partial charge on any atom is 0.115 e. The third kappa shape index (κ3) is 2.41. The molecule has 0 spiro atoms. The van der Waals surface area contributed by atoms with Crippen LogP contribution in [0.4, 0.5) is 0 Å². The second kappa shape index (κ2) is 6.24. The lowest BCUT2D eigenvalue weighted by Gasteiger charge is -2.56. The summed E-state index contributed by atoms with van der Waals surface area (Å²) in [5, 5.41) is 21.9. The predicted molar refractivity (Wildman–Crippen MR) is 109 cm³/mol. The minimum absolute atomic E-state index is 0.111. The fourth-order valence-corrected chi connectivity index (χ4v) is 8.33. The van der Waals surface area contributed by atoms with E-state index in [2.05, 4.69) is 19.9 Å². The van der Waals surface area contributed by atoms with Crippen LogP contribution in [0.1, 0.15) is 88.7 Å². The van der Waals surface area contributed by atoms with E-state index in [1.807, 2.05) is 12.1 Å². The largest absolute Gasteiger partial charge is 0.508 e. The van der Waals surface area contributed by atoms with Crippen molar-refractivity contribution in [3.63, 3.8) is 0 Å². The SMILES string of the molecule is CCC[C@@H]1Cc2cc(O)ccc2[C@H]2CC[C@@]3(C)[C@@H](C[C@H]4CCCC[C@]43O)[C@H]12. The van der Waals surface area contributed by atoms with Gasteiger partial charge in [0.2, 0.25) is 0 Å². The van der Waals surface area contributed by atoms with E-state index < -0.39 is 5.60 Å². The highest BCUT2D eigenvalue weighted by atomic mass is 16.3. The minimum Gasteiger partial charge on any atom is -0.508 e. The number of aliphatic hydroxyl groups is 1. The predicted octanol–water partition coefficient (Wildman–Crippen LogP) is 5.81. The van der Waals surface area contributed by atoms with Gasteiger partial charge in [-0.2, -0.15) is 0 Å². The molecule has 2 nitrogen and oxygen atoms in total. The molecule has 4 aliphatic carbocycles. The summed E-state index contributed by atoms with van der Waals surface area (Å²) in [6, 6.07) is 6.14. The number of rotatable bonds is 2. The van der Waals surface area contributed by atoms with Crippen LogP contribution in [0.2, 0.25) is 0 Å². The van der Waals surface area contributed by atoms with Gasteiger partial charge in [-0.15, -0.1) is 0 Å². The van der Waals surface area contributed by atoms with Gasteiger partial charge in [-0.1, -0.05) is 45.6 Å². The average Bonchev–Trinajstić information content (AvgIpc) is 2.89. The van der Waals surface area contributed by atoms with Crippen molar-refractivity contribution in [3.8, 4) is 5.75 Å². The maximum atomic E-state index is 11.9. The lowest BCUT2D eigenvalue weighted by Crippen LogP contribution is -2.54. The lowest BCUT2D eigenvalue weighted by atomic mass is 9.50. The number of fused-ring (bicyclic) bond motifs is 7. The molecule has 0 aliphatic heterocycles. The van der Waals surface area contributed by atoms with Gasteiger partial charge in [0.25, 0.3) is 0 Å². The summed E-state index contributed by atoms with van der Waals surface area (Å²) in [5.74, 6) is 3.68. The molecule has 5 rings (SSSR count). The molecule has 0 saturated heterocycles. The van der Waals surface area contributed by atoms with Crippen LogP contribution >= 0.6 is 0 Å². The molecule has 0 unspecified atom stereocenters. The Hall–Kier alpha value is -1.02. The van der Waals surface area contributed by atoms with E-state index in [1.54, 1.807) is 0 Å². The Morgan fingerprint density at radius 3 is 2.81 bits per heavy atom. The van der Waals surface area contributed by atoms with Crippen LogP contribution in [0, 0.1) is 29.1 Å². The Bertz CT molecular complexity index is 727.